The summed E-state index contributed by atoms with van der Waals surface area (Å²) in [5.41, 5.74) is 4.04. The number of aromatic nitrogens is 3. The number of aryl methyl sites for hydroxylation is 3. The second kappa shape index (κ2) is 5.61. The molecule has 21 heavy (non-hydrogen) atoms. The Morgan fingerprint density at radius 3 is 3.00 bits per heavy atom. The van der Waals surface area contributed by atoms with E-state index in [1.54, 1.807) is 0 Å². The van der Waals surface area contributed by atoms with E-state index in [0.29, 0.717) is 6.54 Å². The predicted octanol–water partition coefficient (Wildman–Crippen LogP) is 1.04. The summed E-state index contributed by atoms with van der Waals surface area (Å²) in [5, 5.41) is 21.3. The summed E-state index contributed by atoms with van der Waals surface area (Å²) >= 11 is 0. The van der Waals surface area contributed by atoms with Gasteiger partial charge in [-0.3, -0.25) is 0 Å². The molecular weight excluding hydrogens is 266 g/mol. The summed E-state index contributed by atoms with van der Waals surface area (Å²) in [6.07, 6.45) is 1.39. The maximum absolute atomic E-state index is 10.1. The smallest absolute Gasteiger partial charge is 0.160 e. The number of fused-ring (bicyclic) bond motifs is 1. The topological polar surface area (TPSA) is 74.5 Å². The van der Waals surface area contributed by atoms with Gasteiger partial charge < -0.3 is 15.7 Å². The fourth-order valence-electron chi connectivity index (χ4n) is 2.76. The molecule has 0 amide bonds. The Balaban J connectivity index is 2.01. The van der Waals surface area contributed by atoms with Crippen molar-refractivity contribution in [1.29, 1.82) is 0 Å². The molecule has 0 spiro atoms. The SMILES string of the molecule is CCc1cc(NC2CCNCC2O)n2nc(C)c(C)c2n1. The first-order valence-electron chi connectivity index (χ1n) is 7.61. The molecular formula is C15H23N5O. The number of rotatable bonds is 3. The van der Waals surface area contributed by atoms with E-state index in [9.17, 15) is 5.11 Å². The van der Waals surface area contributed by atoms with Crippen LogP contribution in [0, 0.1) is 13.8 Å². The molecule has 2 aromatic heterocycles. The molecule has 0 radical (unpaired) electrons. The zero-order valence-electron chi connectivity index (χ0n) is 12.8. The Morgan fingerprint density at radius 1 is 1.48 bits per heavy atom. The average Bonchev–Trinajstić information content (AvgIpc) is 2.77. The molecule has 6 heteroatoms. The van der Waals surface area contributed by atoms with Gasteiger partial charge in [0.15, 0.2) is 5.65 Å². The summed E-state index contributed by atoms with van der Waals surface area (Å²) in [6, 6.07) is 2.08. The van der Waals surface area contributed by atoms with Crippen molar-refractivity contribution in [2.75, 3.05) is 18.4 Å². The zero-order chi connectivity index (χ0) is 15.0. The van der Waals surface area contributed by atoms with Crippen molar-refractivity contribution in [3.05, 3.63) is 23.0 Å². The van der Waals surface area contributed by atoms with Crippen LogP contribution in [-0.4, -0.2) is 44.9 Å². The maximum atomic E-state index is 10.1. The lowest BCUT2D eigenvalue weighted by molar-refractivity contribution is 0.128. The molecule has 3 heterocycles. The van der Waals surface area contributed by atoms with Crippen molar-refractivity contribution in [2.45, 2.75) is 45.8 Å². The van der Waals surface area contributed by atoms with E-state index in [4.69, 9.17) is 0 Å². The number of nitrogens with zero attached hydrogens (tertiary/aromatic N) is 3. The Bertz CT molecular complexity index is 651. The van der Waals surface area contributed by atoms with Crippen LogP contribution in [0.1, 0.15) is 30.3 Å². The van der Waals surface area contributed by atoms with E-state index in [-0.39, 0.29) is 12.1 Å². The molecule has 3 rings (SSSR count). The third kappa shape index (κ3) is 2.61. The van der Waals surface area contributed by atoms with Gasteiger partial charge in [0.25, 0.3) is 0 Å². The van der Waals surface area contributed by atoms with Crippen LogP contribution in [0.2, 0.25) is 0 Å². The molecule has 114 valence electrons. The number of piperidine rings is 1. The summed E-state index contributed by atoms with van der Waals surface area (Å²) in [7, 11) is 0. The van der Waals surface area contributed by atoms with Crippen LogP contribution in [0.4, 0.5) is 5.82 Å². The second-order valence-electron chi connectivity index (χ2n) is 5.74. The molecule has 0 saturated carbocycles. The summed E-state index contributed by atoms with van der Waals surface area (Å²) < 4.78 is 1.86. The highest BCUT2D eigenvalue weighted by molar-refractivity contribution is 5.56. The minimum absolute atomic E-state index is 0.0476. The van der Waals surface area contributed by atoms with E-state index in [0.717, 1.165) is 47.8 Å². The second-order valence-corrected chi connectivity index (χ2v) is 5.74. The number of hydrogen-bond acceptors (Lipinski definition) is 5. The van der Waals surface area contributed by atoms with Crippen LogP contribution >= 0.6 is 0 Å². The highest BCUT2D eigenvalue weighted by atomic mass is 16.3. The quantitative estimate of drug-likeness (QED) is 0.787. The van der Waals surface area contributed by atoms with Crippen LogP contribution in [0.5, 0.6) is 0 Å². The fraction of sp³-hybridized carbons (Fsp3) is 0.600. The Hall–Kier alpha value is -1.66. The van der Waals surface area contributed by atoms with Crippen molar-refractivity contribution in [3.8, 4) is 0 Å². The molecule has 1 saturated heterocycles. The normalized spacial score (nSPS) is 22.7. The van der Waals surface area contributed by atoms with Crippen molar-refractivity contribution < 1.29 is 5.11 Å². The Morgan fingerprint density at radius 2 is 2.29 bits per heavy atom. The number of anilines is 1. The lowest BCUT2D eigenvalue weighted by Gasteiger charge is -2.30. The van der Waals surface area contributed by atoms with E-state index in [1.807, 2.05) is 24.4 Å². The molecule has 3 N–H and O–H groups in total. The first kappa shape index (κ1) is 14.3. The fourth-order valence-corrected chi connectivity index (χ4v) is 2.76. The molecule has 1 fully saturated rings. The van der Waals surface area contributed by atoms with Gasteiger partial charge >= 0.3 is 0 Å². The van der Waals surface area contributed by atoms with Crippen molar-refractivity contribution in [2.24, 2.45) is 0 Å². The molecule has 6 nitrogen and oxygen atoms in total. The molecule has 2 aromatic rings. The lowest BCUT2D eigenvalue weighted by Crippen LogP contribution is -2.47. The number of nitrogens with one attached hydrogen (secondary N) is 2. The van der Waals surface area contributed by atoms with Gasteiger partial charge in [-0.15, -0.1) is 0 Å². The van der Waals surface area contributed by atoms with Gasteiger partial charge in [0.1, 0.15) is 5.82 Å². The van der Waals surface area contributed by atoms with Crippen LogP contribution < -0.4 is 10.6 Å². The van der Waals surface area contributed by atoms with Crippen molar-refractivity contribution >= 4 is 11.5 Å². The summed E-state index contributed by atoms with van der Waals surface area (Å²) in [5.74, 6) is 0.916. The van der Waals surface area contributed by atoms with Gasteiger partial charge in [-0.1, -0.05) is 6.92 Å². The minimum atomic E-state index is -0.384. The van der Waals surface area contributed by atoms with Crippen molar-refractivity contribution in [3.63, 3.8) is 0 Å². The van der Waals surface area contributed by atoms with Crippen LogP contribution in [0.3, 0.4) is 0 Å². The maximum Gasteiger partial charge on any atom is 0.160 e. The molecule has 2 atom stereocenters. The highest BCUT2D eigenvalue weighted by Gasteiger charge is 2.24. The lowest BCUT2D eigenvalue weighted by atomic mass is 10.0. The van der Waals surface area contributed by atoms with Gasteiger partial charge in [-0.2, -0.15) is 9.61 Å². The Labute approximate surface area is 124 Å². The monoisotopic (exact) mass is 289 g/mol. The van der Waals surface area contributed by atoms with E-state index < -0.39 is 0 Å². The van der Waals surface area contributed by atoms with Crippen LogP contribution in [0.15, 0.2) is 6.07 Å². The highest BCUT2D eigenvalue weighted by Crippen LogP contribution is 2.21. The molecule has 2 unspecified atom stereocenters. The molecule has 0 aromatic carbocycles. The molecule has 0 aliphatic carbocycles. The number of β-amino-alcohol motifs (C(OH)–C–C–N with tert-alkyl or cyclic N) is 1. The van der Waals surface area contributed by atoms with Crippen LogP contribution in [0.25, 0.3) is 5.65 Å². The first-order chi connectivity index (χ1) is 10.1. The third-order valence-corrected chi connectivity index (χ3v) is 4.26. The molecule has 1 aliphatic heterocycles. The van der Waals surface area contributed by atoms with Crippen molar-refractivity contribution in [1.82, 2.24) is 19.9 Å². The van der Waals surface area contributed by atoms with Gasteiger partial charge in [0.05, 0.1) is 17.8 Å². The van der Waals surface area contributed by atoms with Crippen LogP contribution in [-0.2, 0) is 6.42 Å². The number of hydrogen-bond donors (Lipinski definition) is 3. The van der Waals surface area contributed by atoms with E-state index in [2.05, 4.69) is 27.6 Å². The van der Waals surface area contributed by atoms with Gasteiger partial charge in [0.2, 0.25) is 0 Å². The predicted molar refractivity (Wildman–Crippen MR) is 82.7 cm³/mol. The summed E-state index contributed by atoms with van der Waals surface area (Å²) in [4.78, 5) is 4.67. The zero-order valence-corrected chi connectivity index (χ0v) is 12.8. The van der Waals surface area contributed by atoms with Gasteiger partial charge in [-0.25, -0.2) is 4.98 Å². The average molecular weight is 289 g/mol. The Kier molecular flexibility index (Phi) is 3.82. The van der Waals surface area contributed by atoms with Gasteiger partial charge in [0, 0.05) is 23.9 Å². The first-order valence-corrected chi connectivity index (χ1v) is 7.61. The third-order valence-electron chi connectivity index (χ3n) is 4.26. The standard InChI is InChI=1S/C15H23N5O/c1-4-11-7-14(18-12-5-6-16-8-13(12)21)20-15(17-11)9(2)10(3)19-20/h7,12-13,16,18,21H,4-6,8H2,1-3H3. The summed E-state index contributed by atoms with van der Waals surface area (Å²) in [6.45, 7) is 7.69. The van der Waals surface area contributed by atoms with E-state index in [1.165, 1.54) is 0 Å². The minimum Gasteiger partial charge on any atom is -0.390 e. The molecule has 1 aliphatic rings. The number of aliphatic hydroxyl groups is 1. The largest absolute Gasteiger partial charge is 0.390 e. The molecule has 0 bridgehead atoms. The van der Waals surface area contributed by atoms with Gasteiger partial charge in [-0.05, 0) is 33.2 Å². The van der Waals surface area contributed by atoms with E-state index >= 15 is 0 Å². The number of aliphatic hydroxyl groups excluding tert-OH is 1.